The molecule has 1 unspecified atom stereocenters. The monoisotopic (exact) mass is 234 g/mol. The van der Waals surface area contributed by atoms with Crippen LogP contribution in [0.4, 0.5) is 0 Å². The molecule has 4 heteroatoms. The summed E-state index contributed by atoms with van der Waals surface area (Å²) in [6, 6.07) is 10.2. The van der Waals surface area contributed by atoms with Crippen LogP contribution in [0.2, 0.25) is 0 Å². The van der Waals surface area contributed by atoms with E-state index >= 15 is 0 Å². The molecule has 0 saturated heterocycles. The number of hydrogen-bond acceptors (Lipinski definition) is 4. The largest absolute Gasteiger partial charge is 0.361 e. The molecule has 1 atom stereocenters. The molecule has 1 heterocycles. The first-order valence-corrected chi connectivity index (χ1v) is 6.12. The fraction of sp³-hybridized carbons (Fsp3) is 0.250. The van der Waals surface area contributed by atoms with E-state index in [4.69, 9.17) is 10.3 Å². The average Bonchev–Trinajstić information content (AvgIpc) is 2.79. The Morgan fingerprint density at radius 2 is 2.31 bits per heavy atom. The lowest BCUT2D eigenvalue weighted by Crippen LogP contribution is -2.04. The fourth-order valence-corrected chi connectivity index (χ4v) is 2.21. The zero-order valence-corrected chi connectivity index (χ0v) is 9.91. The summed E-state index contributed by atoms with van der Waals surface area (Å²) in [5, 5.41) is 3.67. The Morgan fingerprint density at radius 1 is 1.44 bits per heavy atom. The fourth-order valence-electron chi connectivity index (χ4n) is 1.36. The van der Waals surface area contributed by atoms with Crippen molar-refractivity contribution in [1.29, 1.82) is 0 Å². The number of nitrogens with zero attached hydrogens (tertiary/aromatic N) is 1. The lowest BCUT2D eigenvalue weighted by atomic mass is 10.1. The van der Waals surface area contributed by atoms with Crippen LogP contribution in [0.3, 0.4) is 0 Å². The smallest absolute Gasteiger partial charge is 0.146 e. The molecule has 0 amide bonds. The highest BCUT2D eigenvalue weighted by atomic mass is 32.2. The van der Waals surface area contributed by atoms with Gasteiger partial charge in [-0.25, -0.2) is 0 Å². The number of benzene rings is 1. The van der Waals surface area contributed by atoms with Crippen molar-refractivity contribution in [2.75, 3.05) is 0 Å². The summed E-state index contributed by atoms with van der Waals surface area (Å²) in [4.78, 5) is 1.20. The maximum atomic E-state index is 5.84. The third kappa shape index (κ3) is 2.87. The van der Waals surface area contributed by atoms with Gasteiger partial charge in [-0.2, -0.15) is 0 Å². The second kappa shape index (κ2) is 5.18. The number of hydrogen-bond donors (Lipinski definition) is 1. The topological polar surface area (TPSA) is 52.0 Å². The summed E-state index contributed by atoms with van der Waals surface area (Å²) in [6.45, 7) is 1.99. The van der Waals surface area contributed by atoms with Gasteiger partial charge in [0, 0.05) is 17.0 Å². The van der Waals surface area contributed by atoms with Gasteiger partial charge in [0.05, 0.1) is 11.9 Å². The first kappa shape index (κ1) is 11.2. The van der Waals surface area contributed by atoms with E-state index in [1.165, 1.54) is 4.90 Å². The molecule has 1 aromatic heterocycles. The number of thioether (sulfide) groups is 1. The Hall–Kier alpha value is -1.26. The Kier molecular flexibility index (Phi) is 3.64. The first-order valence-electron chi connectivity index (χ1n) is 5.13. The molecule has 0 fully saturated rings. The predicted molar refractivity (Wildman–Crippen MR) is 65.1 cm³/mol. The maximum absolute atomic E-state index is 5.84. The zero-order valence-electron chi connectivity index (χ0n) is 9.09. The van der Waals surface area contributed by atoms with Gasteiger partial charge in [0.25, 0.3) is 0 Å². The van der Waals surface area contributed by atoms with Crippen LogP contribution in [-0.2, 0) is 5.75 Å². The highest BCUT2D eigenvalue weighted by Gasteiger charge is 2.02. The lowest BCUT2D eigenvalue weighted by molar-refractivity contribution is 0.395. The Bertz CT molecular complexity index is 440. The van der Waals surface area contributed by atoms with Gasteiger partial charge in [0.2, 0.25) is 0 Å². The average molecular weight is 234 g/mol. The van der Waals surface area contributed by atoms with Crippen molar-refractivity contribution in [3.63, 3.8) is 0 Å². The molecule has 0 radical (unpaired) electrons. The van der Waals surface area contributed by atoms with Crippen molar-refractivity contribution in [2.45, 2.75) is 23.6 Å². The van der Waals surface area contributed by atoms with Crippen LogP contribution in [0.5, 0.6) is 0 Å². The minimum absolute atomic E-state index is 0.0748. The molecule has 16 heavy (non-hydrogen) atoms. The second-order valence-electron chi connectivity index (χ2n) is 3.63. The molecule has 3 nitrogen and oxygen atoms in total. The number of nitrogens with two attached hydrogens (primary N) is 1. The molecule has 0 aliphatic heterocycles. The Morgan fingerprint density at radius 3 is 3.00 bits per heavy atom. The minimum atomic E-state index is 0.0748. The van der Waals surface area contributed by atoms with E-state index in [0.29, 0.717) is 0 Å². The van der Waals surface area contributed by atoms with Gasteiger partial charge in [-0.1, -0.05) is 17.3 Å². The van der Waals surface area contributed by atoms with Gasteiger partial charge < -0.3 is 10.3 Å². The Labute approximate surface area is 99.0 Å². The van der Waals surface area contributed by atoms with Crippen molar-refractivity contribution in [3.05, 3.63) is 47.9 Å². The summed E-state index contributed by atoms with van der Waals surface area (Å²) >= 11 is 1.72. The third-order valence-corrected chi connectivity index (χ3v) is 3.27. The van der Waals surface area contributed by atoms with Crippen LogP contribution < -0.4 is 5.73 Å². The van der Waals surface area contributed by atoms with Crippen molar-refractivity contribution in [3.8, 4) is 0 Å². The molecule has 0 aliphatic carbocycles. The standard InChI is InChI=1S/C12H14N2OS/c1-9(13)10-3-2-4-12(7-10)16-8-11-5-6-14-15-11/h2-7,9H,8,13H2,1H3. The van der Waals surface area contributed by atoms with Crippen LogP contribution in [0.25, 0.3) is 0 Å². The predicted octanol–water partition coefficient (Wildman–Crippen LogP) is 2.99. The maximum Gasteiger partial charge on any atom is 0.146 e. The van der Waals surface area contributed by atoms with Gasteiger partial charge in [-0.15, -0.1) is 11.8 Å². The highest BCUT2D eigenvalue weighted by molar-refractivity contribution is 7.98. The molecule has 2 N–H and O–H groups in total. The summed E-state index contributed by atoms with van der Waals surface area (Å²) < 4.78 is 5.04. The second-order valence-corrected chi connectivity index (χ2v) is 4.68. The summed E-state index contributed by atoms with van der Waals surface area (Å²) in [5.74, 6) is 1.68. The van der Waals surface area contributed by atoms with Crippen molar-refractivity contribution >= 4 is 11.8 Å². The molecular weight excluding hydrogens is 220 g/mol. The van der Waals surface area contributed by atoms with Crippen LogP contribution in [0.1, 0.15) is 24.3 Å². The van der Waals surface area contributed by atoms with Gasteiger partial charge in [-0.3, -0.25) is 0 Å². The lowest BCUT2D eigenvalue weighted by Gasteiger charge is -2.07. The van der Waals surface area contributed by atoms with Crippen LogP contribution in [-0.4, -0.2) is 5.16 Å². The van der Waals surface area contributed by atoms with Gasteiger partial charge in [-0.05, 0) is 24.6 Å². The van der Waals surface area contributed by atoms with Crippen molar-refractivity contribution in [1.82, 2.24) is 5.16 Å². The molecular formula is C12H14N2OS. The SMILES string of the molecule is CC(N)c1cccc(SCc2ccno2)c1. The van der Waals surface area contributed by atoms with Gasteiger partial charge >= 0.3 is 0 Å². The van der Waals surface area contributed by atoms with Crippen molar-refractivity contribution < 1.29 is 4.52 Å². The minimum Gasteiger partial charge on any atom is -0.361 e. The highest BCUT2D eigenvalue weighted by Crippen LogP contribution is 2.24. The molecule has 0 spiro atoms. The van der Waals surface area contributed by atoms with Gasteiger partial charge in [0.15, 0.2) is 0 Å². The third-order valence-electron chi connectivity index (χ3n) is 2.26. The van der Waals surface area contributed by atoms with E-state index in [2.05, 4.69) is 17.3 Å². The van der Waals surface area contributed by atoms with E-state index in [9.17, 15) is 0 Å². The van der Waals surface area contributed by atoms with Gasteiger partial charge in [0.1, 0.15) is 5.76 Å². The molecule has 0 bridgehead atoms. The Balaban J connectivity index is 2.01. The van der Waals surface area contributed by atoms with E-state index in [1.807, 2.05) is 25.1 Å². The number of rotatable bonds is 4. The van der Waals surface area contributed by atoms with Crippen LogP contribution in [0.15, 0.2) is 45.9 Å². The quantitative estimate of drug-likeness (QED) is 0.826. The first-order chi connectivity index (χ1) is 7.75. The van der Waals surface area contributed by atoms with E-state index in [-0.39, 0.29) is 6.04 Å². The molecule has 84 valence electrons. The molecule has 2 rings (SSSR count). The molecule has 0 saturated carbocycles. The van der Waals surface area contributed by atoms with Crippen molar-refractivity contribution in [2.24, 2.45) is 5.73 Å². The normalized spacial score (nSPS) is 12.6. The van der Waals surface area contributed by atoms with Crippen LogP contribution >= 0.6 is 11.8 Å². The van der Waals surface area contributed by atoms with E-state index in [1.54, 1.807) is 18.0 Å². The summed E-state index contributed by atoms with van der Waals surface area (Å²) in [7, 11) is 0. The molecule has 2 aromatic rings. The molecule has 0 aliphatic rings. The number of aromatic nitrogens is 1. The zero-order chi connectivity index (χ0) is 11.4. The summed E-state index contributed by atoms with van der Waals surface area (Å²) in [5.41, 5.74) is 6.99. The van der Waals surface area contributed by atoms with Crippen LogP contribution in [0, 0.1) is 0 Å². The molecule has 1 aromatic carbocycles. The van der Waals surface area contributed by atoms with E-state index in [0.717, 1.165) is 17.1 Å². The summed E-state index contributed by atoms with van der Waals surface area (Å²) in [6.07, 6.45) is 1.66. The van der Waals surface area contributed by atoms with E-state index < -0.39 is 0 Å².